The van der Waals surface area contributed by atoms with Crippen molar-refractivity contribution in [3.63, 3.8) is 0 Å². The van der Waals surface area contributed by atoms with Crippen LogP contribution in [0.1, 0.15) is 5.69 Å². The van der Waals surface area contributed by atoms with E-state index in [1.54, 1.807) is 66.4 Å². The molecule has 0 aliphatic carbocycles. The molecule has 1 aromatic heterocycles. The smallest absolute Gasteiger partial charge is 0.302 e. The number of benzene rings is 2. The molecule has 0 fully saturated rings. The molecule has 134 valence electrons. The van der Waals surface area contributed by atoms with Crippen LogP contribution in [0.3, 0.4) is 0 Å². The highest BCUT2D eigenvalue weighted by Crippen LogP contribution is 2.38. The molecule has 0 spiro atoms. The van der Waals surface area contributed by atoms with E-state index < -0.39 is 0 Å². The molecule has 3 rings (SSSR count). The summed E-state index contributed by atoms with van der Waals surface area (Å²) in [6.07, 6.45) is 3.47. The molecule has 7 heteroatoms. The van der Waals surface area contributed by atoms with Gasteiger partial charge in [0.05, 0.1) is 22.9 Å². The van der Waals surface area contributed by atoms with E-state index in [4.69, 9.17) is 4.74 Å². The standard InChI is InChI=1S/C19H19N3O4/c1-20(2)11-10-17-19(22(24)25)16-9-8-15(26-3)12-18(16)21(17)13-4-6-14(23)7-5-13/h4-12,23H,1-3H3. The van der Waals surface area contributed by atoms with Crippen molar-refractivity contribution in [3.8, 4) is 17.2 Å². The predicted molar refractivity (Wildman–Crippen MR) is 101 cm³/mol. The number of nitrogens with zero attached hydrogens (tertiary/aromatic N) is 3. The molecule has 0 unspecified atom stereocenters. The molecule has 0 amide bonds. The Labute approximate surface area is 150 Å². The number of ether oxygens (including phenoxy) is 1. The number of aromatic hydroxyl groups is 1. The largest absolute Gasteiger partial charge is 0.508 e. The first-order chi connectivity index (χ1) is 12.4. The summed E-state index contributed by atoms with van der Waals surface area (Å²) in [5, 5.41) is 21.9. The quantitative estimate of drug-likeness (QED) is 0.558. The van der Waals surface area contributed by atoms with E-state index in [2.05, 4.69) is 0 Å². The summed E-state index contributed by atoms with van der Waals surface area (Å²) in [5.41, 5.74) is 1.82. The SMILES string of the molecule is COc1ccc2c([N+](=O)[O-])c(C=CN(C)C)n(-c3ccc(O)cc3)c2c1. The monoisotopic (exact) mass is 353 g/mol. The van der Waals surface area contributed by atoms with Gasteiger partial charge in [-0.15, -0.1) is 0 Å². The molecule has 0 atom stereocenters. The van der Waals surface area contributed by atoms with Crippen molar-refractivity contribution in [2.75, 3.05) is 21.2 Å². The molecule has 0 saturated carbocycles. The fraction of sp³-hybridized carbons (Fsp3) is 0.158. The maximum Gasteiger partial charge on any atom is 0.302 e. The van der Waals surface area contributed by atoms with Gasteiger partial charge in [-0.05, 0) is 42.5 Å². The molecule has 0 aliphatic rings. The number of fused-ring (bicyclic) bond motifs is 1. The number of phenolic OH excluding ortho intramolecular Hbond substituents is 1. The lowest BCUT2D eigenvalue weighted by Gasteiger charge is -2.10. The highest BCUT2D eigenvalue weighted by molar-refractivity contribution is 5.96. The lowest BCUT2D eigenvalue weighted by Crippen LogP contribution is -2.02. The summed E-state index contributed by atoms with van der Waals surface area (Å²) in [6.45, 7) is 0. The molecule has 0 saturated heterocycles. The highest BCUT2D eigenvalue weighted by Gasteiger charge is 2.25. The van der Waals surface area contributed by atoms with E-state index in [1.807, 2.05) is 19.0 Å². The van der Waals surface area contributed by atoms with E-state index >= 15 is 0 Å². The molecular weight excluding hydrogens is 334 g/mol. The fourth-order valence-electron chi connectivity index (χ4n) is 2.84. The number of methoxy groups -OCH3 is 1. The minimum atomic E-state index is -0.374. The van der Waals surface area contributed by atoms with Crippen LogP contribution < -0.4 is 4.74 Å². The van der Waals surface area contributed by atoms with Crippen molar-refractivity contribution in [2.45, 2.75) is 0 Å². The zero-order valence-electron chi connectivity index (χ0n) is 14.7. The van der Waals surface area contributed by atoms with Crippen molar-refractivity contribution in [2.24, 2.45) is 0 Å². The van der Waals surface area contributed by atoms with Crippen molar-refractivity contribution in [3.05, 3.63) is 64.5 Å². The molecule has 26 heavy (non-hydrogen) atoms. The van der Waals surface area contributed by atoms with E-state index in [-0.39, 0.29) is 16.4 Å². The van der Waals surface area contributed by atoms with Crippen molar-refractivity contribution in [1.29, 1.82) is 0 Å². The number of aromatic nitrogens is 1. The zero-order valence-corrected chi connectivity index (χ0v) is 14.7. The van der Waals surface area contributed by atoms with Crippen LogP contribution in [-0.4, -0.2) is 40.7 Å². The van der Waals surface area contributed by atoms with Gasteiger partial charge in [-0.3, -0.25) is 10.1 Å². The Morgan fingerprint density at radius 1 is 1.19 bits per heavy atom. The average Bonchev–Trinajstić information content (AvgIpc) is 2.94. The second-order valence-corrected chi connectivity index (χ2v) is 6.01. The van der Waals surface area contributed by atoms with Gasteiger partial charge in [-0.2, -0.15) is 0 Å². The van der Waals surface area contributed by atoms with Crippen LogP contribution in [0.2, 0.25) is 0 Å². The van der Waals surface area contributed by atoms with Gasteiger partial charge in [0.25, 0.3) is 0 Å². The van der Waals surface area contributed by atoms with Gasteiger partial charge in [0, 0.05) is 32.0 Å². The van der Waals surface area contributed by atoms with Gasteiger partial charge in [-0.25, -0.2) is 0 Å². The Morgan fingerprint density at radius 3 is 2.46 bits per heavy atom. The van der Waals surface area contributed by atoms with Crippen molar-refractivity contribution >= 4 is 22.7 Å². The number of hydrogen-bond donors (Lipinski definition) is 1. The summed E-state index contributed by atoms with van der Waals surface area (Å²) in [6, 6.07) is 11.7. The third-order valence-corrected chi connectivity index (χ3v) is 4.01. The Balaban J connectivity index is 2.42. The molecule has 0 bridgehead atoms. The van der Waals surface area contributed by atoms with E-state index in [0.717, 1.165) is 0 Å². The van der Waals surface area contributed by atoms with Gasteiger partial charge in [0.15, 0.2) is 0 Å². The third-order valence-electron chi connectivity index (χ3n) is 4.01. The van der Waals surface area contributed by atoms with Crippen molar-refractivity contribution < 1.29 is 14.8 Å². The number of hydrogen-bond acceptors (Lipinski definition) is 5. The summed E-state index contributed by atoms with van der Waals surface area (Å²) in [5.74, 6) is 0.732. The predicted octanol–water partition coefficient (Wildman–Crippen LogP) is 3.79. The minimum absolute atomic E-state index is 0.0221. The highest BCUT2D eigenvalue weighted by atomic mass is 16.6. The topological polar surface area (TPSA) is 80.8 Å². The molecule has 1 N–H and O–H groups in total. The Kier molecular flexibility index (Phi) is 4.53. The lowest BCUT2D eigenvalue weighted by atomic mass is 10.2. The summed E-state index contributed by atoms with van der Waals surface area (Å²) < 4.78 is 7.08. The fourth-order valence-corrected chi connectivity index (χ4v) is 2.84. The van der Waals surface area contributed by atoms with Crippen LogP contribution in [0.4, 0.5) is 5.69 Å². The Hall–Kier alpha value is -3.48. The molecule has 0 radical (unpaired) electrons. The summed E-state index contributed by atoms with van der Waals surface area (Å²) >= 11 is 0. The van der Waals surface area contributed by atoms with E-state index in [0.29, 0.717) is 28.0 Å². The van der Waals surface area contributed by atoms with Crippen LogP contribution in [0.25, 0.3) is 22.7 Å². The molecule has 0 aliphatic heterocycles. The van der Waals surface area contributed by atoms with E-state index in [9.17, 15) is 15.2 Å². The van der Waals surface area contributed by atoms with Crippen LogP contribution in [-0.2, 0) is 0 Å². The molecule has 1 heterocycles. The molecule has 7 nitrogen and oxygen atoms in total. The number of phenols is 1. The first-order valence-corrected chi connectivity index (χ1v) is 7.93. The number of nitro groups is 1. The Morgan fingerprint density at radius 2 is 1.88 bits per heavy atom. The van der Waals surface area contributed by atoms with Gasteiger partial charge in [0.1, 0.15) is 17.2 Å². The minimum Gasteiger partial charge on any atom is -0.508 e. The van der Waals surface area contributed by atoms with Gasteiger partial charge in [-0.1, -0.05) is 0 Å². The molecule has 3 aromatic rings. The third kappa shape index (κ3) is 3.06. The van der Waals surface area contributed by atoms with Gasteiger partial charge < -0.3 is 19.3 Å². The Bertz CT molecular complexity index is 988. The van der Waals surface area contributed by atoms with Crippen LogP contribution in [0, 0.1) is 10.1 Å². The summed E-state index contributed by atoms with van der Waals surface area (Å²) in [7, 11) is 5.24. The maximum atomic E-state index is 11.8. The average molecular weight is 353 g/mol. The second kappa shape index (κ2) is 6.79. The summed E-state index contributed by atoms with van der Waals surface area (Å²) in [4.78, 5) is 13.2. The molecule has 2 aromatic carbocycles. The second-order valence-electron chi connectivity index (χ2n) is 6.01. The van der Waals surface area contributed by atoms with Crippen LogP contribution in [0.15, 0.2) is 48.7 Å². The lowest BCUT2D eigenvalue weighted by molar-refractivity contribution is -0.383. The van der Waals surface area contributed by atoms with Gasteiger partial charge >= 0.3 is 5.69 Å². The van der Waals surface area contributed by atoms with Gasteiger partial charge in [0.2, 0.25) is 0 Å². The first-order valence-electron chi connectivity index (χ1n) is 7.93. The first kappa shape index (κ1) is 17.3. The van der Waals surface area contributed by atoms with E-state index in [1.165, 1.54) is 0 Å². The maximum absolute atomic E-state index is 11.8. The molecular formula is C19H19N3O4. The van der Waals surface area contributed by atoms with Crippen LogP contribution in [0.5, 0.6) is 11.5 Å². The van der Waals surface area contributed by atoms with Crippen molar-refractivity contribution in [1.82, 2.24) is 9.47 Å². The normalized spacial score (nSPS) is 11.2. The zero-order chi connectivity index (χ0) is 18.8. The van der Waals surface area contributed by atoms with Crippen LogP contribution >= 0.6 is 0 Å². The number of rotatable bonds is 5.